The fourth-order valence-corrected chi connectivity index (χ4v) is 3.95. The molecule has 1 N–H and O–H groups in total. The molecule has 1 aliphatic carbocycles. The van der Waals surface area contributed by atoms with Gasteiger partial charge in [0.2, 0.25) is 5.88 Å². The molecule has 156 valence electrons. The van der Waals surface area contributed by atoms with E-state index in [0.717, 1.165) is 53.9 Å². The smallest absolute Gasteiger partial charge is 0.331 e. The minimum Gasteiger partial charge on any atom is -0.439 e. The van der Waals surface area contributed by atoms with Gasteiger partial charge in [-0.25, -0.2) is 14.8 Å². The van der Waals surface area contributed by atoms with Crippen LogP contribution in [0.2, 0.25) is 0 Å². The Balaban J connectivity index is 1.23. The standard InChI is InChI=1S/C22H20N6O3/c1-27-10-16-17(11-27)23-12-24-21(16)30-15-4-5-18-14(8-15)6-7-28(18)22(29)25-20-9-19(31-26-20)13-2-3-13/h4-9,12-13H,2-3,10-11H2,1H3,(H,25,26,29). The number of aromatic nitrogens is 4. The van der Waals surface area contributed by atoms with Gasteiger partial charge in [-0.1, -0.05) is 5.16 Å². The molecule has 1 aliphatic heterocycles. The van der Waals surface area contributed by atoms with Crippen molar-refractivity contribution in [3.63, 3.8) is 0 Å². The van der Waals surface area contributed by atoms with Gasteiger partial charge in [0.15, 0.2) is 5.82 Å². The van der Waals surface area contributed by atoms with Crippen molar-refractivity contribution in [3.05, 3.63) is 59.9 Å². The number of rotatable bonds is 4. The summed E-state index contributed by atoms with van der Waals surface area (Å²) in [7, 11) is 2.04. The lowest BCUT2D eigenvalue weighted by Gasteiger charge is -2.09. The number of nitrogens with zero attached hydrogens (tertiary/aromatic N) is 5. The van der Waals surface area contributed by atoms with E-state index in [1.54, 1.807) is 16.8 Å². The maximum atomic E-state index is 12.7. The minimum atomic E-state index is -0.295. The second-order valence-corrected chi connectivity index (χ2v) is 8.10. The van der Waals surface area contributed by atoms with Crippen LogP contribution in [-0.2, 0) is 13.1 Å². The zero-order valence-corrected chi connectivity index (χ0v) is 16.9. The van der Waals surface area contributed by atoms with Crippen molar-refractivity contribution in [2.24, 2.45) is 0 Å². The molecule has 2 aliphatic rings. The molecular weight excluding hydrogens is 396 g/mol. The molecule has 4 heterocycles. The van der Waals surface area contributed by atoms with Crippen LogP contribution in [0.1, 0.15) is 35.8 Å². The van der Waals surface area contributed by atoms with E-state index in [1.807, 2.05) is 31.3 Å². The molecular formula is C22H20N6O3. The van der Waals surface area contributed by atoms with E-state index in [0.29, 0.717) is 23.4 Å². The highest BCUT2D eigenvalue weighted by molar-refractivity contribution is 5.98. The lowest BCUT2D eigenvalue weighted by molar-refractivity contribution is 0.254. The second-order valence-electron chi connectivity index (χ2n) is 8.10. The van der Waals surface area contributed by atoms with E-state index in [2.05, 4.69) is 25.3 Å². The number of anilines is 1. The number of carbonyl (C=O) groups is 1. The predicted molar refractivity (Wildman–Crippen MR) is 112 cm³/mol. The Morgan fingerprint density at radius 1 is 1.19 bits per heavy atom. The molecule has 1 saturated carbocycles. The summed E-state index contributed by atoms with van der Waals surface area (Å²) in [6, 6.07) is 8.96. The number of benzene rings is 1. The maximum Gasteiger partial charge on any atom is 0.331 e. The quantitative estimate of drug-likeness (QED) is 0.534. The Morgan fingerprint density at radius 2 is 2.10 bits per heavy atom. The van der Waals surface area contributed by atoms with Crippen molar-refractivity contribution in [3.8, 4) is 11.6 Å². The monoisotopic (exact) mass is 416 g/mol. The SMILES string of the molecule is CN1Cc2ncnc(Oc3ccc4c(ccn4C(=O)Nc4cc(C5CC5)on4)c3)c2C1. The van der Waals surface area contributed by atoms with Gasteiger partial charge in [0, 0.05) is 36.7 Å². The maximum absolute atomic E-state index is 12.7. The van der Waals surface area contributed by atoms with Crippen molar-refractivity contribution in [2.75, 3.05) is 12.4 Å². The summed E-state index contributed by atoms with van der Waals surface area (Å²) in [6.07, 6.45) is 5.49. The van der Waals surface area contributed by atoms with Gasteiger partial charge in [0.05, 0.1) is 16.8 Å². The second kappa shape index (κ2) is 6.92. The Hall–Kier alpha value is -3.72. The lowest BCUT2D eigenvalue weighted by atomic mass is 10.2. The third kappa shape index (κ3) is 3.32. The highest BCUT2D eigenvalue weighted by Gasteiger charge is 2.28. The van der Waals surface area contributed by atoms with Crippen molar-refractivity contribution < 1.29 is 14.1 Å². The van der Waals surface area contributed by atoms with Crippen LogP contribution >= 0.6 is 0 Å². The van der Waals surface area contributed by atoms with Crippen LogP contribution in [0.5, 0.6) is 11.6 Å². The first-order valence-electron chi connectivity index (χ1n) is 10.2. The lowest BCUT2D eigenvalue weighted by Crippen LogP contribution is -2.18. The third-order valence-corrected chi connectivity index (χ3v) is 5.68. The summed E-state index contributed by atoms with van der Waals surface area (Å²) in [5.41, 5.74) is 2.78. The van der Waals surface area contributed by atoms with Gasteiger partial charge in [0.1, 0.15) is 17.8 Å². The highest BCUT2D eigenvalue weighted by Crippen LogP contribution is 2.40. The molecule has 0 bridgehead atoms. The molecule has 31 heavy (non-hydrogen) atoms. The number of amides is 1. The van der Waals surface area contributed by atoms with Crippen LogP contribution in [-0.4, -0.2) is 37.7 Å². The Kier molecular flexibility index (Phi) is 4.03. The predicted octanol–water partition coefficient (Wildman–Crippen LogP) is 4.11. The number of fused-ring (bicyclic) bond motifs is 2. The topological polar surface area (TPSA) is 98.3 Å². The summed E-state index contributed by atoms with van der Waals surface area (Å²) in [5, 5.41) is 7.62. The fourth-order valence-electron chi connectivity index (χ4n) is 3.95. The first-order valence-corrected chi connectivity index (χ1v) is 10.2. The van der Waals surface area contributed by atoms with E-state index < -0.39 is 0 Å². The molecule has 0 spiro atoms. The molecule has 0 saturated heterocycles. The third-order valence-electron chi connectivity index (χ3n) is 5.68. The normalized spacial score (nSPS) is 15.9. The highest BCUT2D eigenvalue weighted by atomic mass is 16.5. The van der Waals surface area contributed by atoms with Crippen molar-refractivity contribution in [2.45, 2.75) is 31.8 Å². The van der Waals surface area contributed by atoms with Gasteiger partial charge in [-0.3, -0.25) is 14.8 Å². The molecule has 1 amide bonds. The number of nitrogens with one attached hydrogen (secondary N) is 1. The molecule has 6 rings (SSSR count). The van der Waals surface area contributed by atoms with Crippen LogP contribution in [0.25, 0.3) is 10.9 Å². The van der Waals surface area contributed by atoms with E-state index in [9.17, 15) is 4.79 Å². The number of carbonyl (C=O) groups excluding carboxylic acids is 1. The molecule has 9 nitrogen and oxygen atoms in total. The summed E-state index contributed by atoms with van der Waals surface area (Å²) >= 11 is 0. The van der Waals surface area contributed by atoms with Crippen molar-refractivity contribution >= 4 is 22.8 Å². The van der Waals surface area contributed by atoms with Crippen LogP contribution in [0, 0.1) is 0 Å². The number of ether oxygens (including phenoxy) is 1. The molecule has 1 fully saturated rings. The Labute approximate surface area is 177 Å². The van der Waals surface area contributed by atoms with Crippen LogP contribution < -0.4 is 10.1 Å². The number of hydrogen-bond acceptors (Lipinski definition) is 7. The summed E-state index contributed by atoms with van der Waals surface area (Å²) in [4.78, 5) is 23.6. The molecule has 3 aromatic heterocycles. The first-order chi connectivity index (χ1) is 15.1. The van der Waals surface area contributed by atoms with Gasteiger partial charge in [-0.15, -0.1) is 0 Å². The molecule has 0 unspecified atom stereocenters. The van der Waals surface area contributed by atoms with Gasteiger partial charge >= 0.3 is 6.03 Å². The van der Waals surface area contributed by atoms with Gasteiger partial charge < -0.3 is 9.26 Å². The van der Waals surface area contributed by atoms with Crippen LogP contribution in [0.3, 0.4) is 0 Å². The fraction of sp³-hybridized carbons (Fsp3) is 0.273. The summed E-state index contributed by atoms with van der Waals surface area (Å²) in [6.45, 7) is 1.55. The minimum absolute atomic E-state index is 0.295. The molecule has 0 atom stereocenters. The molecule has 1 aromatic carbocycles. The van der Waals surface area contributed by atoms with Crippen molar-refractivity contribution in [1.82, 2.24) is 24.6 Å². The van der Waals surface area contributed by atoms with Gasteiger partial charge in [-0.05, 0) is 44.2 Å². The van der Waals surface area contributed by atoms with Gasteiger partial charge in [0.25, 0.3) is 0 Å². The van der Waals surface area contributed by atoms with E-state index in [1.165, 1.54) is 6.33 Å². The summed E-state index contributed by atoms with van der Waals surface area (Å²) in [5.74, 6) is 2.93. The first kappa shape index (κ1) is 18.1. The van der Waals surface area contributed by atoms with E-state index >= 15 is 0 Å². The van der Waals surface area contributed by atoms with E-state index in [-0.39, 0.29) is 6.03 Å². The zero-order valence-electron chi connectivity index (χ0n) is 16.9. The van der Waals surface area contributed by atoms with Crippen molar-refractivity contribution in [1.29, 1.82) is 0 Å². The van der Waals surface area contributed by atoms with Crippen LogP contribution in [0.15, 0.2) is 47.4 Å². The average Bonchev–Trinajstić information content (AvgIpc) is 3.17. The Bertz CT molecular complexity index is 1310. The van der Waals surface area contributed by atoms with Crippen LogP contribution in [0.4, 0.5) is 10.6 Å². The average molecular weight is 416 g/mol. The zero-order chi connectivity index (χ0) is 20.9. The molecule has 4 aromatic rings. The molecule has 9 heteroatoms. The number of hydrogen-bond donors (Lipinski definition) is 1. The van der Waals surface area contributed by atoms with E-state index in [4.69, 9.17) is 9.26 Å². The largest absolute Gasteiger partial charge is 0.439 e. The van der Waals surface area contributed by atoms with Gasteiger partial charge in [-0.2, -0.15) is 0 Å². The Morgan fingerprint density at radius 3 is 2.97 bits per heavy atom. The summed E-state index contributed by atoms with van der Waals surface area (Å²) < 4.78 is 12.9. The molecule has 0 radical (unpaired) electrons.